The fraction of sp³-hybridized carbons (Fsp3) is 0.750. The van der Waals surface area contributed by atoms with Gasteiger partial charge in [-0.3, -0.25) is 14.5 Å². The van der Waals surface area contributed by atoms with Crippen LogP contribution in [-0.4, -0.2) is 54.2 Å². The van der Waals surface area contributed by atoms with E-state index in [1.807, 2.05) is 0 Å². The van der Waals surface area contributed by atoms with Crippen LogP contribution in [-0.2, 0) is 9.59 Å². The number of likely N-dealkylation sites (N-methyl/N-ethyl adjacent to an activating group) is 1. The number of halogens is 3. The number of amides is 1. The zero-order valence-corrected chi connectivity index (χ0v) is 8.67. The van der Waals surface area contributed by atoms with Gasteiger partial charge in [0.2, 0.25) is 5.91 Å². The number of carboxylic acid groups (broad SMARTS) is 1. The number of hydrogen-bond donors (Lipinski definition) is 2. The monoisotopic (exact) mass is 242 g/mol. The van der Waals surface area contributed by atoms with Crippen molar-refractivity contribution in [2.75, 3.05) is 26.2 Å². The first-order chi connectivity index (χ1) is 7.24. The van der Waals surface area contributed by atoms with E-state index in [1.165, 1.54) is 4.90 Å². The van der Waals surface area contributed by atoms with Crippen LogP contribution in [0.4, 0.5) is 13.2 Å². The highest BCUT2D eigenvalue weighted by Crippen LogP contribution is 2.11. The van der Waals surface area contributed by atoms with Crippen LogP contribution >= 0.6 is 0 Å². The molecule has 0 heterocycles. The minimum absolute atomic E-state index is 0.270. The van der Waals surface area contributed by atoms with E-state index >= 15 is 0 Å². The molecule has 5 nitrogen and oxygen atoms in total. The summed E-state index contributed by atoms with van der Waals surface area (Å²) in [5.74, 6) is -1.98. The lowest BCUT2D eigenvalue weighted by atomic mass is 10.4. The number of carbonyl (C=O) groups excluding carboxylic acids is 1. The van der Waals surface area contributed by atoms with Crippen molar-refractivity contribution < 1.29 is 27.9 Å². The summed E-state index contributed by atoms with van der Waals surface area (Å²) in [5, 5.41) is 10.1. The van der Waals surface area contributed by atoms with Gasteiger partial charge in [0.1, 0.15) is 6.54 Å². The molecule has 0 saturated heterocycles. The van der Waals surface area contributed by atoms with Crippen LogP contribution in [0, 0.1) is 0 Å². The molecule has 1 amide bonds. The van der Waals surface area contributed by atoms with Gasteiger partial charge in [-0.2, -0.15) is 13.2 Å². The molecule has 0 aliphatic carbocycles. The molecule has 0 fully saturated rings. The van der Waals surface area contributed by atoms with Gasteiger partial charge in [0.15, 0.2) is 0 Å². The van der Waals surface area contributed by atoms with E-state index < -0.39 is 24.6 Å². The lowest BCUT2D eigenvalue weighted by Gasteiger charge is -2.17. The van der Waals surface area contributed by atoms with Crippen LogP contribution in [0.2, 0.25) is 0 Å². The first-order valence-electron chi connectivity index (χ1n) is 4.52. The Labute approximate surface area is 90.2 Å². The third-order valence-electron chi connectivity index (χ3n) is 1.66. The summed E-state index contributed by atoms with van der Waals surface area (Å²) in [4.78, 5) is 22.5. The van der Waals surface area contributed by atoms with Crippen molar-refractivity contribution in [3.63, 3.8) is 0 Å². The minimum atomic E-state index is -4.46. The van der Waals surface area contributed by atoms with E-state index in [-0.39, 0.29) is 19.6 Å². The molecule has 0 aliphatic rings. The molecule has 94 valence electrons. The quantitative estimate of drug-likeness (QED) is 0.691. The summed E-state index contributed by atoms with van der Waals surface area (Å²) in [5.41, 5.74) is 0. The Morgan fingerprint density at radius 3 is 2.25 bits per heavy atom. The SMILES string of the molecule is CCN(CC(=O)O)CC(=O)NCC(F)(F)F. The standard InChI is InChI=1S/C8H13F3N2O3/c1-2-13(4-7(15)16)3-6(14)12-5-8(9,10)11/h2-5H2,1H3,(H,12,14)(H,15,16). The summed E-state index contributed by atoms with van der Waals surface area (Å²) in [6, 6.07) is 0. The van der Waals surface area contributed by atoms with Crippen LogP contribution < -0.4 is 5.32 Å². The molecule has 0 aromatic carbocycles. The van der Waals surface area contributed by atoms with E-state index in [0.29, 0.717) is 0 Å². The highest BCUT2D eigenvalue weighted by molar-refractivity contribution is 5.79. The molecule has 0 rings (SSSR count). The molecule has 16 heavy (non-hydrogen) atoms. The average Bonchev–Trinajstić information content (AvgIpc) is 2.12. The van der Waals surface area contributed by atoms with Gasteiger partial charge in [0.05, 0.1) is 13.1 Å². The lowest BCUT2D eigenvalue weighted by Crippen LogP contribution is -2.42. The molecular formula is C8H13F3N2O3. The highest BCUT2D eigenvalue weighted by atomic mass is 19.4. The second kappa shape index (κ2) is 6.31. The Morgan fingerprint density at radius 2 is 1.88 bits per heavy atom. The maximum absolute atomic E-state index is 11.7. The van der Waals surface area contributed by atoms with Gasteiger partial charge in [-0.25, -0.2) is 0 Å². The first-order valence-corrected chi connectivity index (χ1v) is 4.52. The summed E-state index contributed by atoms with van der Waals surface area (Å²) >= 11 is 0. The number of aliphatic carboxylic acids is 1. The third kappa shape index (κ3) is 8.04. The van der Waals surface area contributed by atoms with Crippen LogP contribution in [0.15, 0.2) is 0 Å². The van der Waals surface area contributed by atoms with Crippen molar-refractivity contribution in [1.29, 1.82) is 0 Å². The predicted molar refractivity (Wildman–Crippen MR) is 48.8 cm³/mol. The summed E-state index contributed by atoms with van der Waals surface area (Å²) in [6.07, 6.45) is -4.46. The summed E-state index contributed by atoms with van der Waals surface area (Å²) < 4.78 is 35.2. The molecule has 0 aliphatic heterocycles. The highest BCUT2D eigenvalue weighted by Gasteiger charge is 2.27. The van der Waals surface area contributed by atoms with Crippen LogP contribution in [0.1, 0.15) is 6.92 Å². The number of nitrogens with zero attached hydrogens (tertiary/aromatic N) is 1. The molecule has 0 saturated carbocycles. The maximum atomic E-state index is 11.7. The molecule has 0 unspecified atom stereocenters. The Bertz CT molecular complexity index is 255. The van der Waals surface area contributed by atoms with E-state index in [0.717, 1.165) is 0 Å². The number of rotatable bonds is 6. The van der Waals surface area contributed by atoms with Crippen LogP contribution in [0.5, 0.6) is 0 Å². The number of carbonyl (C=O) groups is 2. The molecule has 8 heteroatoms. The molecule has 0 aromatic rings. The Morgan fingerprint density at radius 1 is 1.31 bits per heavy atom. The second-order valence-corrected chi connectivity index (χ2v) is 3.09. The van der Waals surface area contributed by atoms with Crippen LogP contribution in [0.25, 0.3) is 0 Å². The Kier molecular flexibility index (Phi) is 5.79. The minimum Gasteiger partial charge on any atom is -0.480 e. The second-order valence-electron chi connectivity index (χ2n) is 3.09. The number of carboxylic acids is 1. The fourth-order valence-corrected chi connectivity index (χ4v) is 0.929. The van der Waals surface area contributed by atoms with Crippen molar-refractivity contribution in [2.24, 2.45) is 0 Å². The predicted octanol–water partition coefficient (Wildman–Crippen LogP) is 0.0714. The van der Waals surface area contributed by atoms with Gasteiger partial charge in [0.25, 0.3) is 0 Å². The third-order valence-corrected chi connectivity index (χ3v) is 1.66. The fourth-order valence-electron chi connectivity index (χ4n) is 0.929. The van der Waals surface area contributed by atoms with Crippen LogP contribution in [0.3, 0.4) is 0 Å². The summed E-state index contributed by atoms with van der Waals surface area (Å²) in [7, 11) is 0. The average molecular weight is 242 g/mol. The molecular weight excluding hydrogens is 229 g/mol. The molecule has 0 bridgehead atoms. The molecule has 2 N–H and O–H groups in total. The van der Waals surface area contributed by atoms with E-state index in [2.05, 4.69) is 0 Å². The molecule has 0 radical (unpaired) electrons. The smallest absolute Gasteiger partial charge is 0.405 e. The molecule has 0 spiro atoms. The van der Waals surface area contributed by atoms with Crippen molar-refractivity contribution in [1.82, 2.24) is 10.2 Å². The normalized spacial score (nSPS) is 11.6. The number of hydrogen-bond acceptors (Lipinski definition) is 3. The van der Waals surface area contributed by atoms with E-state index in [9.17, 15) is 22.8 Å². The molecule has 0 aromatic heterocycles. The van der Waals surface area contributed by atoms with Gasteiger partial charge in [-0.05, 0) is 6.54 Å². The van der Waals surface area contributed by atoms with E-state index in [1.54, 1.807) is 12.2 Å². The topological polar surface area (TPSA) is 69.6 Å². The van der Waals surface area contributed by atoms with Crippen molar-refractivity contribution >= 4 is 11.9 Å². The maximum Gasteiger partial charge on any atom is 0.405 e. The van der Waals surface area contributed by atoms with Gasteiger partial charge < -0.3 is 10.4 Å². The zero-order valence-electron chi connectivity index (χ0n) is 8.67. The van der Waals surface area contributed by atoms with E-state index in [4.69, 9.17) is 5.11 Å². The van der Waals surface area contributed by atoms with Crippen molar-refractivity contribution in [2.45, 2.75) is 13.1 Å². The van der Waals surface area contributed by atoms with Gasteiger partial charge in [0, 0.05) is 0 Å². The number of nitrogens with one attached hydrogen (secondary N) is 1. The largest absolute Gasteiger partial charge is 0.480 e. The van der Waals surface area contributed by atoms with Crippen molar-refractivity contribution in [3.8, 4) is 0 Å². The van der Waals surface area contributed by atoms with Crippen molar-refractivity contribution in [3.05, 3.63) is 0 Å². The Hall–Kier alpha value is -1.31. The zero-order chi connectivity index (χ0) is 12.8. The summed E-state index contributed by atoms with van der Waals surface area (Å²) in [6.45, 7) is -0.267. The number of alkyl halides is 3. The van der Waals surface area contributed by atoms with Gasteiger partial charge >= 0.3 is 12.1 Å². The molecule has 0 atom stereocenters. The lowest BCUT2D eigenvalue weighted by molar-refractivity contribution is -0.141. The van der Waals surface area contributed by atoms with Gasteiger partial charge in [-0.1, -0.05) is 6.92 Å². The Balaban J connectivity index is 3.97. The first kappa shape index (κ1) is 14.7. The van der Waals surface area contributed by atoms with Gasteiger partial charge in [-0.15, -0.1) is 0 Å².